The summed E-state index contributed by atoms with van der Waals surface area (Å²) >= 11 is 0. The number of fused-ring (bicyclic) bond motifs is 1. The van der Waals surface area contributed by atoms with E-state index in [1.807, 2.05) is 0 Å². The smallest absolute Gasteiger partial charge is 0.344 e. The standard InChI is InChI=1S/C20H16N4O7/c25-17-8-3-13-9-15(6-7-16(13)21-17)29-11-19(26)30-10-18-22-23-20(31-18)12-1-4-14(5-2-12)24(27)28/h1-2,4-7,9H,3,8,10-11H2,(H,21,25). The molecule has 0 radical (unpaired) electrons. The molecule has 0 unspecified atom stereocenters. The molecule has 4 rings (SSSR count). The molecule has 158 valence electrons. The molecule has 0 fully saturated rings. The van der Waals surface area contributed by atoms with Crippen LogP contribution in [0.4, 0.5) is 11.4 Å². The number of anilines is 1. The maximum absolute atomic E-state index is 11.9. The SMILES string of the molecule is O=C1CCc2cc(OCC(=O)OCc3nnc(-c4ccc([N+](=O)[O-])cc4)o3)ccc2N1. The van der Waals surface area contributed by atoms with Gasteiger partial charge in [-0.25, -0.2) is 4.79 Å². The Hall–Kier alpha value is -4.28. The molecule has 11 heteroatoms. The van der Waals surface area contributed by atoms with Gasteiger partial charge < -0.3 is 19.2 Å². The second-order valence-electron chi connectivity index (χ2n) is 6.62. The maximum atomic E-state index is 11.9. The Morgan fingerprint density at radius 1 is 1.16 bits per heavy atom. The zero-order valence-electron chi connectivity index (χ0n) is 16.1. The highest BCUT2D eigenvalue weighted by atomic mass is 16.6. The fourth-order valence-corrected chi connectivity index (χ4v) is 2.93. The van der Waals surface area contributed by atoms with Gasteiger partial charge in [-0.2, -0.15) is 0 Å². The number of aryl methyl sites for hydroxylation is 1. The molecule has 11 nitrogen and oxygen atoms in total. The average Bonchev–Trinajstić information content (AvgIpc) is 3.25. The number of nitrogens with one attached hydrogen (secondary N) is 1. The minimum atomic E-state index is -0.624. The van der Waals surface area contributed by atoms with Gasteiger partial charge in [-0.1, -0.05) is 0 Å². The topological polar surface area (TPSA) is 147 Å². The van der Waals surface area contributed by atoms with Crippen LogP contribution in [-0.2, 0) is 27.4 Å². The van der Waals surface area contributed by atoms with Crippen molar-refractivity contribution in [1.29, 1.82) is 0 Å². The van der Waals surface area contributed by atoms with Crippen molar-refractivity contribution < 1.29 is 28.4 Å². The lowest BCUT2D eigenvalue weighted by Crippen LogP contribution is -2.19. The first kappa shape index (κ1) is 20.0. The molecule has 3 aromatic rings. The number of rotatable bonds is 7. The van der Waals surface area contributed by atoms with E-state index in [9.17, 15) is 19.7 Å². The fourth-order valence-electron chi connectivity index (χ4n) is 2.93. The third-order valence-electron chi connectivity index (χ3n) is 4.48. The van der Waals surface area contributed by atoms with Crippen molar-refractivity contribution in [3.63, 3.8) is 0 Å². The van der Waals surface area contributed by atoms with E-state index < -0.39 is 10.9 Å². The maximum Gasteiger partial charge on any atom is 0.344 e. The molecule has 1 aliphatic heterocycles. The van der Waals surface area contributed by atoms with E-state index in [-0.39, 0.29) is 36.6 Å². The van der Waals surface area contributed by atoms with E-state index in [4.69, 9.17) is 13.9 Å². The summed E-state index contributed by atoms with van der Waals surface area (Å²) in [7, 11) is 0. The van der Waals surface area contributed by atoms with Crippen LogP contribution in [0, 0.1) is 10.1 Å². The molecule has 1 aliphatic rings. The first-order valence-electron chi connectivity index (χ1n) is 9.26. The minimum absolute atomic E-state index is 0.0255. The van der Waals surface area contributed by atoms with Crippen molar-refractivity contribution in [2.45, 2.75) is 19.4 Å². The summed E-state index contributed by atoms with van der Waals surface area (Å²) in [6.45, 7) is -0.549. The van der Waals surface area contributed by atoms with Crippen LogP contribution in [0.2, 0.25) is 0 Å². The van der Waals surface area contributed by atoms with Gasteiger partial charge in [0.05, 0.1) is 4.92 Å². The Kier molecular flexibility index (Phi) is 5.56. The molecule has 2 aromatic carbocycles. The summed E-state index contributed by atoms with van der Waals surface area (Å²) in [5.74, 6) is 0.0679. The van der Waals surface area contributed by atoms with E-state index in [0.717, 1.165) is 11.3 Å². The summed E-state index contributed by atoms with van der Waals surface area (Å²) in [6.07, 6.45) is 1.02. The van der Waals surface area contributed by atoms with Crippen LogP contribution in [0.3, 0.4) is 0 Å². The van der Waals surface area contributed by atoms with Crippen LogP contribution >= 0.6 is 0 Å². The number of ether oxygens (including phenoxy) is 2. The molecular formula is C20H16N4O7. The number of aromatic nitrogens is 2. The summed E-state index contributed by atoms with van der Waals surface area (Å²) in [4.78, 5) is 33.5. The lowest BCUT2D eigenvalue weighted by atomic mass is 10.0. The van der Waals surface area contributed by atoms with Crippen LogP contribution in [0.5, 0.6) is 5.75 Å². The third-order valence-corrected chi connectivity index (χ3v) is 4.48. The van der Waals surface area contributed by atoms with Gasteiger partial charge in [-0.15, -0.1) is 10.2 Å². The number of non-ortho nitro benzene ring substituents is 1. The number of carbonyl (C=O) groups is 2. The van der Waals surface area contributed by atoms with Crippen molar-refractivity contribution in [2.75, 3.05) is 11.9 Å². The number of amides is 1. The van der Waals surface area contributed by atoms with Crippen molar-refractivity contribution in [1.82, 2.24) is 10.2 Å². The Morgan fingerprint density at radius 3 is 2.74 bits per heavy atom. The van der Waals surface area contributed by atoms with Gasteiger partial charge in [-0.3, -0.25) is 14.9 Å². The summed E-state index contributed by atoms with van der Waals surface area (Å²) in [6, 6.07) is 10.8. The van der Waals surface area contributed by atoms with Crippen LogP contribution in [0.25, 0.3) is 11.5 Å². The van der Waals surface area contributed by atoms with E-state index >= 15 is 0 Å². The molecule has 1 aromatic heterocycles. The summed E-state index contributed by atoms with van der Waals surface area (Å²) < 4.78 is 15.9. The lowest BCUT2D eigenvalue weighted by molar-refractivity contribution is -0.384. The summed E-state index contributed by atoms with van der Waals surface area (Å²) in [5, 5.41) is 21.1. The zero-order chi connectivity index (χ0) is 21.8. The molecule has 1 amide bonds. The van der Waals surface area contributed by atoms with Crippen molar-refractivity contribution in [3.8, 4) is 17.2 Å². The normalized spacial score (nSPS) is 12.6. The van der Waals surface area contributed by atoms with E-state index in [1.165, 1.54) is 24.3 Å². The Morgan fingerprint density at radius 2 is 1.97 bits per heavy atom. The summed E-state index contributed by atoms with van der Waals surface area (Å²) in [5.41, 5.74) is 2.13. The van der Waals surface area contributed by atoms with Gasteiger partial charge in [0.2, 0.25) is 11.8 Å². The van der Waals surface area contributed by atoms with Gasteiger partial charge in [-0.05, 0) is 42.3 Å². The molecule has 0 atom stereocenters. The van der Waals surface area contributed by atoms with Crippen molar-refractivity contribution in [2.24, 2.45) is 0 Å². The molecule has 1 N–H and O–H groups in total. The number of nitrogens with zero attached hydrogens (tertiary/aromatic N) is 3. The predicted molar refractivity (Wildman–Crippen MR) is 105 cm³/mol. The number of esters is 1. The van der Waals surface area contributed by atoms with Crippen LogP contribution < -0.4 is 10.1 Å². The lowest BCUT2D eigenvalue weighted by Gasteiger charge is -2.17. The van der Waals surface area contributed by atoms with Crippen LogP contribution in [0.15, 0.2) is 46.9 Å². The number of nitro groups is 1. The monoisotopic (exact) mass is 424 g/mol. The van der Waals surface area contributed by atoms with E-state index in [1.54, 1.807) is 18.2 Å². The van der Waals surface area contributed by atoms with Crippen molar-refractivity contribution >= 4 is 23.3 Å². The fraction of sp³-hybridized carbons (Fsp3) is 0.200. The number of hydrogen-bond acceptors (Lipinski definition) is 9. The predicted octanol–water partition coefficient (Wildman–Crippen LogP) is 2.65. The number of carbonyl (C=O) groups excluding carboxylic acids is 2. The minimum Gasteiger partial charge on any atom is -0.482 e. The van der Waals surface area contributed by atoms with Gasteiger partial charge in [0.15, 0.2) is 13.2 Å². The molecule has 0 spiro atoms. The molecule has 0 aliphatic carbocycles. The largest absolute Gasteiger partial charge is 0.482 e. The van der Waals surface area contributed by atoms with Gasteiger partial charge in [0, 0.05) is 29.8 Å². The van der Waals surface area contributed by atoms with Gasteiger partial charge >= 0.3 is 5.97 Å². The Bertz CT molecular complexity index is 1140. The Labute approximate surface area is 175 Å². The molecule has 31 heavy (non-hydrogen) atoms. The molecular weight excluding hydrogens is 408 g/mol. The molecule has 0 saturated carbocycles. The third kappa shape index (κ3) is 4.83. The highest BCUT2D eigenvalue weighted by Gasteiger charge is 2.16. The quantitative estimate of drug-likeness (QED) is 0.343. The molecule has 0 saturated heterocycles. The van der Waals surface area contributed by atoms with Crippen LogP contribution in [0.1, 0.15) is 17.9 Å². The zero-order valence-corrected chi connectivity index (χ0v) is 16.1. The molecule has 0 bridgehead atoms. The van der Waals surface area contributed by atoms with Crippen molar-refractivity contribution in [3.05, 3.63) is 64.0 Å². The van der Waals surface area contributed by atoms with E-state index in [0.29, 0.717) is 24.2 Å². The second-order valence-corrected chi connectivity index (χ2v) is 6.62. The number of nitro benzene ring substituents is 1. The first-order chi connectivity index (χ1) is 15.0. The highest BCUT2D eigenvalue weighted by molar-refractivity contribution is 5.94. The van der Waals surface area contributed by atoms with E-state index in [2.05, 4.69) is 15.5 Å². The van der Waals surface area contributed by atoms with Crippen LogP contribution in [-0.4, -0.2) is 33.6 Å². The average molecular weight is 424 g/mol. The Balaban J connectivity index is 1.27. The highest BCUT2D eigenvalue weighted by Crippen LogP contribution is 2.27. The van der Waals surface area contributed by atoms with Gasteiger partial charge in [0.25, 0.3) is 11.6 Å². The first-order valence-corrected chi connectivity index (χ1v) is 9.26. The second kappa shape index (κ2) is 8.61. The number of hydrogen-bond donors (Lipinski definition) is 1. The number of benzene rings is 2. The van der Waals surface area contributed by atoms with Gasteiger partial charge in [0.1, 0.15) is 5.75 Å². The molecule has 2 heterocycles.